The van der Waals surface area contributed by atoms with Crippen LogP contribution < -0.4 is 11.1 Å². The van der Waals surface area contributed by atoms with Gasteiger partial charge in [0.2, 0.25) is 0 Å². The number of rotatable bonds is 3. The maximum absolute atomic E-state index is 8.00. The van der Waals surface area contributed by atoms with Crippen LogP contribution in [0.5, 0.6) is 0 Å². The highest BCUT2D eigenvalue weighted by Crippen LogP contribution is 2.06. The van der Waals surface area contributed by atoms with Gasteiger partial charge >= 0.3 is 0 Å². The molecule has 0 spiro atoms. The first kappa shape index (κ1) is 17.0. The molecule has 4 heteroatoms. The van der Waals surface area contributed by atoms with Crippen molar-refractivity contribution in [3.05, 3.63) is 0 Å². The van der Waals surface area contributed by atoms with E-state index in [9.17, 15) is 0 Å². The average Bonchev–Trinajstić information content (AvgIpc) is 2.34. The van der Waals surface area contributed by atoms with Crippen molar-refractivity contribution in [3.8, 4) is 0 Å². The molecule has 3 N–H and O–H groups in total. The van der Waals surface area contributed by atoms with Crippen molar-refractivity contribution in [1.82, 2.24) is 10.2 Å². The molecule has 0 amide bonds. The van der Waals surface area contributed by atoms with Crippen LogP contribution in [0.1, 0.15) is 36.5 Å². The van der Waals surface area contributed by atoms with Gasteiger partial charge in [0.15, 0.2) is 0 Å². The van der Waals surface area contributed by atoms with Crippen LogP contribution in [0.4, 0.5) is 0 Å². The van der Waals surface area contributed by atoms with Gasteiger partial charge in [0.1, 0.15) is 6.79 Å². The number of nitrogens with zero attached hydrogens (tertiary/aromatic N) is 1. The van der Waals surface area contributed by atoms with Gasteiger partial charge in [-0.1, -0.05) is 20.8 Å². The topological polar surface area (TPSA) is 58.4 Å². The Bertz CT molecular complexity index is 121. The van der Waals surface area contributed by atoms with Crippen LogP contribution in [0.15, 0.2) is 0 Å². The lowest BCUT2D eigenvalue weighted by molar-refractivity contribution is -0.0979. The molecule has 0 aliphatic carbocycles. The SMILES string of the molecule is C=O.CC.CCNCN1CCC(N)CC1.[HH].[HH]. The molecule has 0 atom stereocenters. The minimum absolute atomic E-state index is 0. The van der Waals surface area contributed by atoms with Crippen molar-refractivity contribution in [1.29, 1.82) is 0 Å². The molecule has 1 aliphatic heterocycles. The Labute approximate surface area is 97.2 Å². The van der Waals surface area contributed by atoms with E-state index in [-0.39, 0.29) is 2.85 Å². The van der Waals surface area contributed by atoms with Crippen LogP contribution in [0.25, 0.3) is 0 Å². The van der Waals surface area contributed by atoms with E-state index >= 15 is 0 Å². The first-order valence-corrected chi connectivity index (χ1v) is 5.80. The summed E-state index contributed by atoms with van der Waals surface area (Å²) in [5, 5.41) is 3.32. The number of carbonyl (C=O) groups is 1. The van der Waals surface area contributed by atoms with Crippen LogP contribution in [-0.2, 0) is 4.79 Å². The highest BCUT2D eigenvalue weighted by molar-refractivity contribution is 5.10. The van der Waals surface area contributed by atoms with Crippen molar-refractivity contribution in [3.63, 3.8) is 0 Å². The number of piperidine rings is 1. The molecule has 1 rings (SSSR count). The smallest absolute Gasteiger partial charge is 0.106 e. The normalized spacial score (nSPS) is 17.1. The zero-order valence-corrected chi connectivity index (χ0v) is 10.5. The summed E-state index contributed by atoms with van der Waals surface area (Å²) in [7, 11) is 0. The van der Waals surface area contributed by atoms with Gasteiger partial charge < -0.3 is 15.8 Å². The van der Waals surface area contributed by atoms with Crippen molar-refractivity contribution in [2.75, 3.05) is 26.3 Å². The molecular weight excluding hydrogens is 190 g/mol. The predicted molar refractivity (Wildman–Crippen MR) is 70.0 cm³/mol. The molecule has 0 radical (unpaired) electrons. The fourth-order valence-corrected chi connectivity index (χ4v) is 1.38. The summed E-state index contributed by atoms with van der Waals surface area (Å²) in [6, 6.07) is 0.452. The molecule has 96 valence electrons. The predicted octanol–water partition coefficient (Wildman–Crippen LogP) is 1.31. The van der Waals surface area contributed by atoms with E-state index in [1.165, 1.54) is 0 Å². The first-order valence-electron chi connectivity index (χ1n) is 5.80. The summed E-state index contributed by atoms with van der Waals surface area (Å²) >= 11 is 0. The minimum Gasteiger partial charge on any atom is -0.328 e. The Kier molecular flexibility index (Phi) is 15.3. The Morgan fingerprint density at radius 1 is 1.40 bits per heavy atom. The fourth-order valence-electron chi connectivity index (χ4n) is 1.38. The quantitative estimate of drug-likeness (QED) is 0.754. The maximum Gasteiger partial charge on any atom is 0.106 e. The average molecular weight is 221 g/mol. The van der Waals surface area contributed by atoms with E-state index in [4.69, 9.17) is 10.5 Å². The van der Waals surface area contributed by atoms with E-state index in [1.807, 2.05) is 20.6 Å². The van der Waals surface area contributed by atoms with Crippen LogP contribution in [-0.4, -0.2) is 44.0 Å². The van der Waals surface area contributed by atoms with Crippen molar-refractivity contribution < 1.29 is 7.65 Å². The zero-order valence-electron chi connectivity index (χ0n) is 10.5. The van der Waals surface area contributed by atoms with E-state index < -0.39 is 0 Å². The van der Waals surface area contributed by atoms with Gasteiger partial charge in [-0.2, -0.15) is 0 Å². The zero-order chi connectivity index (χ0) is 12.1. The van der Waals surface area contributed by atoms with Crippen LogP contribution in [0.3, 0.4) is 0 Å². The molecule has 0 unspecified atom stereocenters. The molecule has 1 saturated heterocycles. The van der Waals surface area contributed by atoms with E-state index in [1.54, 1.807) is 0 Å². The third-order valence-electron chi connectivity index (χ3n) is 2.22. The van der Waals surface area contributed by atoms with Gasteiger partial charge in [-0.15, -0.1) is 0 Å². The van der Waals surface area contributed by atoms with Gasteiger partial charge in [-0.05, 0) is 19.4 Å². The first-order chi connectivity index (χ1) is 7.33. The summed E-state index contributed by atoms with van der Waals surface area (Å²) in [4.78, 5) is 10.4. The van der Waals surface area contributed by atoms with E-state index in [0.29, 0.717) is 6.04 Å². The molecule has 0 bridgehead atoms. The second-order valence-electron chi connectivity index (χ2n) is 3.22. The molecule has 0 aromatic rings. The number of likely N-dealkylation sites (tertiary alicyclic amines) is 1. The fraction of sp³-hybridized carbons (Fsp3) is 0.909. The molecule has 1 fully saturated rings. The second kappa shape index (κ2) is 13.5. The third kappa shape index (κ3) is 9.85. The molecule has 4 nitrogen and oxygen atoms in total. The molecule has 15 heavy (non-hydrogen) atoms. The molecular formula is C11H31N3O. The van der Waals surface area contributed by atoms with Gasteiger partial charge in [0.25, 0.3) is 0 Å². The third-order valence-corrected chi connectivity index (χ3v) is 2.22. The van der Waals surface area contributed by atoms with Crippen LogP contribution >= 0.6 is 0 Å². The molecule has 1 heterocycles. The minimum atomic E-state index is 0. The Morgan fingerprint density at radius 2 is 1.87 bits per heavy atom. The number of carbonyl (C=O) groups excluding carboxylic acids is 1. The van der Waals surface area contributed by atoms with Gasteiger partial charge in [-0.3, -0.25) is 4.90 Å². The number of nitrogens with two attached hydrogens (primary N) is 1. The number of nitrogens with one attached hydrogen (secondary N) is 1. The summed E-state index contributed by atoms with van der Waals surface area (Å²) in [6.45, 7) is 12.5. The lowest BCUT2D eigenvalue weighted by atomic mass is 10.1. The molecule has 0 aromatic heterocycles. The summed E-state index contributed by atoms with van der Waals surface area (Å²) in [5.74, 6) is 0. The van der Waals surface area contributed by atoms with E-state index in [2.05, 4.69) is 17.1 Å². The molecule has 0 aromatic carbocycles. The summed E-state index contributed by atoms with van der Waals surface area (Å²) < 4.78 is 0. The van der Waals surface area contributed by atoms with Crippen molar-refractivity contribution >= 4 is 6.79 Å². The molecule has 1 aliphatic rings. The number of hydrogen-bond donors (Lipinski definition) is 2. The van der Waals surface area contributed by atoms with Crippen LogP contribution in [0, 0.1) is 0 Å². The highest BCUT2D eigenvalue weighted by atomic mass is 16.1. The van der Waals surface area contributed by atoms with E-state index in [0.717, 1.165) is 39.1 Å². The van der Waals surface area contributed by atoms with Gasteiger partial charge in [0, 0.05) is 28.7 Å². The maximum atomic E-state index is 8.00. The lowest BCUT2D eigenvalue weighted by Gasteiger charge is -2.29. The summed E-state index contributed by atoms with van der Waals surface area (Å²) in [5.41, 5.74) is 5.78. The van der Waals surface area contributed by atoms with Gasteiger partial charge in [0.05, 0.1) is 0 Å². The Balaban J connectivity index is -0.000000128. The number of hydrogen-bond acceptors (Lipinski definition) is 4. The monoisotopic (exact) mass is 221 g/mol. The lowest BCUT2D eigenvalue weighted by Crippen LogP contribution is -2.43. The van der Waals surface area contributed by atoms with Crippen molar-refractivity contribution in [2.45, 2.75) is 39.7 Å². The highest BCUT2D eigenvalue weighted by Gasteiger charge is 2.14. The molecule has 0 saturated carbocycles. The Morgan fingerprint density at radius 3 is 2.27 bits per heavy atom. The van der Waals surface area contributed by atoms with Crippen molar-refractivity contribution in [2.24, 2.45) is 5.73 Å². The summed E-state index contributed by atoms with van der Waals surface area (Å²) in [6.07, 6.45) is 2.32. The van der Waals surface area contributed by atoms with Crippen LogP contribution in [0.2, 0.25) is 0 Å². The largest absolute Gasteiger partial charge is 0.328 e. The Hall–Kier alpha value is -0.450. The second-order valence-corrected chi connectivity index (χ2v) is 3.22. The van der Waals surface area contributed by atoms with Gasteiger partial charge in [-0.25, -0.2) is 0 Å². The standard InChI is InChI=1S/C8H19N3.C2H6.CH2O.2H2/c1-2-10-7-11-5-3-8(9)4-6-11;2*1-2;;/h8,10H,2-7,9H2,1H3;1-2H3;1H2;2*1H.